The molecule has 1 aliphatic rings. The Balaban J connectivity index is 1.53. The Morgan fingerprint density at radius 2 is 1.81 bits per heavy atom. The van der Waals surface area contributed by atoms with E-state index in [2.05, 4.69) is 10.2 Å². The van der Waals surface area contributed by atoms with Gasteiger partial charge in [0.15, 0.2) is 0 Å². The fourth-order valence-electron chi connectivity index (χ4n) is 3.23. The van der Waals surface area contributed by atoms with Crippen LogP contribution in [0.4, 0.5) is 5.69 Å². The Morgan fingerprint density at radius 3 is 2.50 bits per heavy atom. The van der Waals surface area contributed by atoms with Crippen molar-refractivity contribution in [2.75, 3.05) is 18.4 Å². The van der Waals surface area contributed by atoms with Crippen LogP contribution >= 0.6 is 34.8 Å². The summed E-state index contributed by atoms with van der Waals surface area (Å²) in [6.45, 7) is 4.50. The third kappa shape index (κ3) is 4.72. The van der Waals surface area contributed by atoms with E-state index in [1.165, 1.54) is 0 Å². The second-order valence-electron chi connectivity index (χ2n) is 6.70. The predicted molar refractivity (Wildman–Crippen MR) is 109 cm³/mol. The van der Waals surface area contributed by atoms with Crippen molar-refractivity contribution >= 4 is 46.4 Å². The van der Waals surface area contributed by atoms with Gasteiger partial charge in [0.2, 0.25) is 5.91 Å². The van der Waals surface area contributed by atoms with Gasteiger partial charge in [0.25, 0.3) is 0 Å². The third-order valence-electron chi connectivity index (χ3n) is 4.87. The highest BCUT2D eigenvalue weighted by atomic mass is 35.5. The number of nitrogens with one attached hydrogen (secondary N) is 1. The number of piperidine rings is 1. The van der Waals surface area contributed by atoms with E-state index in [9.17, 15) is 4.79 Å². The van der Waals surface area contributed by atoms with Crippen LogP contribution in [0.25, 0.3) is 0 Å². The molecule has 1 aliphatic heterocycles. The molecule has 0 atom stereocenters. The van der Waals surface area contributed by atoms with E-state index < -0.39 is 0 Å². The molecular formula is C20H21Cl3N2O. The number of hydrogen-bond donors (Lipinski definition) is 1. The Morgan fingerprint density at radius 1 is 1.08 bits per heavy atom. The molecule has 2 aromatic rings. The van der Waals surface area contributed by atoms with Crippen molar-refractivity contribution in [2.45, 2.75) is 26.3 Å². The summed E-state index contributed by atoms with van der Waals surface area (Å²) >= 11 is 18.2. The molecule has 0 bridgehead atoms. The molecule has 1 amide bonds. The number of carbonyl (C=O) groups is 1. The molecule has 3 rings (SSSR count). The molecule has 1 fully saturated rings. The first-order chi connectivity index (χ1) is 12.4. The zero-order valence-electron chi connectivity index (χ0n) is 14.6. The van der Waals surface area contributed by atoms with Crippen molar-refractivity contribution in [3.63, 3.8) is 0 Å². The lowest BCUT2D eigenvalue weighted by molar-refractivity contribution is -0.121. The fourth-order valence-corrected chi connectivity index (χ4v) is 3.72. The molecule has 0 unspecified atom stereocenters. The molecule has 0 saturated carbocycles. The maximum absolute atomic E-state index is 12.6. The van der Waals surface area contributed by atoms with E-state index in [0.29, 0.717) is 15.1 Å². The number of anilines is 1. The summed E-state index contributed by atoms with van der Waals surface area (Å²) in [6.07, 6.45) is 1.68. The number of benzene rings is 2. The molecule has 6 heteroatoms. The smallest absolute Gasteiger partial charge is 0.227 e. The minimum atomic E-state index is 0.0263. The lowest BCUT2D eigenvalue weighted by Crippen LogP contribution is -2.37. The number of nitrogens with zero attached hydrogens (tertiary/aromatic N) is 1. The third-order valence-corrected chi connectivity index (χ3v) is 6.02. The molecule has 3 nitrogen and oxygen atoms in total. The molecule has 26 heavy (non-hydrogen) atoms. The molecule has 0 aromatic heterocycles. The van der Waals surface area contributed by atoms with Gasteiger partial charge in [0, 0.05) is 23.2 Å². The average molecular weight is 412 g/mol. The van der Waals surface area contributed by atoms with Crippen LogP contribution in [-0.2, 0) is 11.3 Å². The Bertz CT molecular complexity index is 802. The van der Waals surface area contributed by atoms with Crippen molar-refractivity contribution in [1.29, 1.82) is 0 Å². The molecule has 1 saturated heterocycles. The summed E-state index contributed by atoms with van der Waals surface area (Å²) in [5, 5.41) is 4.84. The lowest BCUT2D eigenvalue weighted by Gasteiger charge is -2.31. The number of likely N-dealkylation sites (tertiary alicyclic amines) is 1. The standard InChI is InChI=1S/C20H21Cl3N2O/c1-13-16(21)3-2-4-19(13)24-20(26)15-7-9-25(10-8-15)12-14-5-6-17(22)18(23)11-14/h2-6,11,15H,7-10,12H2,1H3,(H,24,26). The summed E-state index contributed by atoms with van der Waals surface area (Å²) in [5.74, 6) is 0.1000. The maximum atomic E-state index is 12.6. The van der Waals surface area contributed by atoms with Gasteiger partial charge in [-0.3, -0.25) is 9.69 Å². The highest BCUT2D eigenvalue weighted by Gasteiger charge is 2.25. The average Bonchev–Trinajstić information content (AvgIpc) is 2.63. The van der Waals surface area contributed by atoms with Crippen LogP contribution in [0.3, 0.4) is 0 Å². The van der Waals surface area contributed by atoms with Gasteiger partial charge in [-0.05, 0) is 68.2 Å². The monoisotopic (exact) mass is 410 g/mol. The molecule has 2 aromatic carbocycles. The van der Waals surface area contributed by atoms with Crippen LogP contribution in [-0.4, -0.2) is 23.9 Å². The van der Waals surface area contributed by atoms with Crippen molar-refractivity contribution in [1.82, 2.24) is 4.90 Å². The summed E-state index contributed by atoms with van der Waals surface area (Å²) in [4.78, 5) is 14.9. The van der Waals surface area contributed by atoms with Crippen molar-refractivity contribution in [2.24, 2.45) is 5.92 Å². The van der Waals surface area contributed by atoms with Gasteiger partial charge in [-0.15, -0.1) is 0 Å². The number of rotatable bonds is 4. The fraction of sp³-hybridized carbons (Fsp3) is 0.350. The van der Waals surface area contributed by atoms with Gasteiger partial charge in [-0.2, -0.15) is 0 Å². The number of amides is 1. The second kappa shape index (κ2) is 8.62. The first-order valence-corrected chi connectivity index (χ1v) is 9.79. The van der Waals surface area contributed by atoms with Crippen LogP contribution in [0.1, 0.15) is 24.0 Å². The number of hydrogen-bond acceptors (Lipinski definition) is 2. The molecule has 1 N–H and O–H groups in total. The molecule has 0 aliphatic carbocycles. The zero-order valence-corrected chi connectivity index (χ0v) is 16.8. The van der Waals surface area contributed by atoms with Gasteiger partial charge >= 0.3 is 0 Å². The molecule has 0 spiro atoms. The summed E-state index contributed by atoms with van der Waals surface area (Å²) < 4.78 is 0. The minimum Gasteiger partial charge on any atom is -0.326 e. The Hall–Kier alpha value is -1.26. The summed E-state index contributed by atoms with van der Waals surface area (Å²) in [7, 11) is 0. The van der Waals surface area contributed by atoms with Crippen molar-refractivity contribution in [3.8, 4) is 0 Å². The van der Waals surface area contributed by atoms with E-state index in [0.717, 1.165) is 49.3 Å². The minimum absolute atomic E-state index is 0.0263. The van der Waals surface area contributed by atoms with Gasteiger partial charge in [0.1, 0.15) is 0 Å². The zero-order chi connectivity index (χ0) is 18.7. The van der Waals surface area contributed by atoms with Crippen molar-refractivity contribution < 1.29 is 4.79 Å². The Kier molecular flexibility index (Phi) is 6.46. The first kappa shape index (κ1) is 19.5. The van der Waals surface area contributed by atoms with Crippen LogP contribution < -0.4 is 5.32 Å². The largest absolute Gasteiger partial charge is 0.326 e. The Labute approximate surface area is 169 Å². The van der Waals surface area contributed by atoms with Gasteiger partial charge < -0.3 is 5.32 Å². The van der Waals surface area contributed by atoms with Gasteiger partial charge in [0.05, 0.1) is 10.0 Å². The van der Waals surface area contributed by atoms with E-state index >= 15 is 0 Å². The van der Waals surface area contributed by atoms with E-state index in [1.807, 2.05) is 43.3 Å². The van der Waals surface area contributed by atoms with Crippen LogP contribution in [0.15, 0.2) is 36.4 Å². The normalized spacial score (nSPS) is 15.8. The molecule has 1 heterocycles. The maximum Gasteiger partial charge on any atom is 0.227 e. The van der Waals surface area contributed by atoms with Crippen LogP contribution in [0.2, 0.25) is 15.1 Å². The predicted octanol–water partition coefficient (Wildman–Crippen LogP) is 5.81. The van der Waals surface area contributed by atoms with Crippen LogP contribution in [0, 0.1) is 12.8 Å². The van der Waals surface area contributed by atoms with Crippen LogP contribution in [0.5, 0.6) is 0 Å². The number of carbonyl (C=O) groups excluding carboxylic acids is 1. The van der Waals surface area contributed by atoms with Gasteiger partial charge in [-0.25, -0.2) is 0 Å². The van der Waals surface area contributed by atoms with Crippen molar-refractivity contribution in [3.05, 3.63) is 62.6 Å². The summed E-state index contributed by atoms with van der Waals surface area (Å²) in [6, 6.07) is 11.3. The molecule has 138 valence electrons. The molecular weight excluding hydrogens is 391 g/mol. The SMILES string of the molecule is Cc1c(Cl)cccc1NC(=O)C1CCN(Cc2ccc(Cl)c(Cl)c2)CC1. The topological polar surface area (TPSA) is 32.3 Å². The molecule has 0 radical (unpaired) electrons. The van der Waals surface area contributed by atoms with E-state index in [-0.39, 0.29) is 11.8 Å². The quantitative estimate of drug-likeness (QED) is 0.689. The first-order valence-electron chi connectivity index (χ1n) is 8.66. The highest BCUT2D eigenvalue weighted by Crippen LogP contribution is 2.27. The van der Waals surface area contributed by atoms with E-state index in [4.69, 9.17) is 34.8 Å². The highest BCUT2D eigenvalue weighted by molar-refractivity contribution is 6.42. The lowest BCUT2D eigenvalue weighted by atomic mass is 9.95. The van der Waals surface area contributed by atoms with E-state index in [1.54, 1.807) is 0 Å². The summed E-state index contributed by atoms with van der Waals surface area (Å²) in [5.41, 5.74) is 2.83. The van der Waals surface area contributed by atoms with Gasteiger partial charge in [-0.1, -0.05) is 46.9 Å². The second-order valence-corrected chi connectivity index (χ2v) is 7.92. The number of halogens is 3.